The molecule has 1 aromatic heterocycles. The third kappa shape index (κ3) is 3.06. The van der Waals surface area contributed by atoms with Gasteiger partial charge < -0.3 is 5.32 Å². The van der Waals surface area contributed by atoms with Crippen molar-refractivity contribution in [3.05, 3.63) is 16.3 Å². The van der Waals surface area contributed by atoms with Crippen LogP contribution in [0.5, 0.6) is 0 Å². The molecule has 1 aliphatic carbocycles. The van der Waals surface area contributed by atoms with Crippen LogP contribution in [0.15, 0.2) is 4.79 Å². The predicted octanol–water partition coefficient (Wildman–Crippen LogP) is 0.917. The van der Waals surface area contributed by atoms with Gasteiger partial charge in [-0.15, -0.1) is 0 Å². The quantitative estimate of drug-likeness (QED) is 0.895. The lowest BCUT2D eigenvalue weighted by atomic mass is 9.98. The molecule has 0 bridgehead atoms. The van der Waals surface area contributed by atoms with Crippen molar-refractivity contribution in [3.8, 4) is 6.07 Å². The summed E-state index contributed by atoms with van der Waals surface area (Å²) in [6.07, 6.45) is 1.90. The molecule has 120 valence electrons. The van der Waals surface area contributed by atoms with Gasteiger partial charge in [0.15, 0.2) is 0 Å². The van der Waals surface area contributed by atoms with Gasteiger partial charge in [-0.25, -0.2) is 9.48 Å². The van der Waals surface area contributed by atoms with Gasteiger partial charge in [-0.05, 0) is 53.4 Å². The number of nitrogens with one attached hydrogen (secondary N) is 1. The molecule has 0 saturated heterocycles. The molecule has 22 heavy (non-hydrogen) atoms. The van der Waals surface area contributed by atoms with Gasteiger partial charge in [0.05, 0.1) is 11.6 Å². The Labute approximate surface area is 129 Å². The van der Waals surface area contributed by atoms with Gasteiger partial charge >= 0.3 is 5.69 Å². The summed E-state index contributed by atoms with van der Waals surface area (Å²) in [5.41, 5.74) is -1.61. The highest BCUT2D eigenvalue weighted by Gasteiger charge is 2.43. The van der Waals surface area contributed by atoms with E-state index in [4.69, 9.17) is 0 Å². The van der Waals surface area contributed by atoms with Crippen LogP contribution in [0.2, 0.25) is 0 Å². The second kappa shape index (κ2) is 5.27. The zero-order valence-corrected chi connectivity index (χ0v) is 13.8. The summed E-state index contributed by atoms with van der Waals surface area (Å²) in [5.74, 6) is 0.353. The number of hydrogen-bond donors (Lipinski definition) is 1. The van der Waals surface area contributed by atoms with Crippen molar-refractivity contribution in [2.24, 2.45) is 5.92 Å². The van der Waals surface area contributed by atoms with Crippen LogP contribution < -0.4 is 11.0 Å². The zero-order chi connectivity index (χ0) is 16.7. The van der Waals surface area contributed by atoms with Crippen LogP contribution in [-0.2, 0) is 16.9 Å². The fourth-order valence-corrected chi connectivity index (χ4v) is 2.47. The minimum absolute atomic E-state index is 0.120. The lowest BCUT2D eigenvalue weighted by Gasteiger charge is -2.22. The summed E-state index contributed by atoms with van der Waals surface area (Å²) in [5, 5.41) is 16.3. The van der Waals surface area contributed by atoms with Crippen molar-refractivity contribution >= 4 is 5.91 Å². The Balaban J connectivity index is 2.18. The molecule has 0 spiro atoms. The molecule has 7 nitrogen and oxygen atoms in total. The maximum absolute atomic E-state index is 12.4. The van der Waals surface area contributed by atoms with Crippen LogP contribution in [0.25, 0.3) is 0 Å². The first kappa shape index (κ1) is 16.3. The van der Waals surface area contributed by atoms with Crippen LogP contribution in [0, 0.1) is 24.2 Å². The highest BCUT2D eigenvalue weighted by Crippen LogP contribution is 2.39. The average molecular weight is 305 g/mol. The first-order valence-corrected chi connectivity index (χ1v) is 7.47. The van der Waals surface area contributed by atoms with E-state index in [1.54, 1.807) is 13.8 Å². The lowest BCUT2D eigenvalue weighted by Crippen LogP contribution is -2.48. The monoisotopic (exact) mass is 305 g/mol. The number of aryl methyl sites for hydroxylation is 1. The molecular formula is C15H23N5O2. The van der Waals surface area contributed by atoms with E-state index in [1.807, 2.05) is 20.8 Å². The summed E-state index contributed by atoms with van der Waals surface area (Å²) in [7, 11) is 0. The maximum Gasteiger partial charge on any atom is 0.346 e. The molecule has 0 aromatic carbocycles. The predicted molar refractivity (Wildman–Crippen MR) is 81.1 cm³/mol. The summed E-state index contributed by atoms with van der Waals surface area (Å²) < 4.78 is 2.71. The number of nitriles is 1. The molecule has 0 radical (unpaired) electrons. The third-order valence-electron chi connectivity index (χ3n) is 4.01. The minimum atomic E-state index is -0.853. The van der Waals surface area contributed by atoms with Gasteiger partial charge in [-0.3, -0.25) is 9.36 Å². The molecule has 1 aliphatic rings. The number of carbonyl (C=O) groups is 1. The number of carbonyl (C=O) groups excluding carboxylic acids is 1. The first-order valence-electron chi connectivity index (χ1n) is 7.47. The summed E-state index contributed by atoms with van der Waals surface area (Å²) in [4.78, 5) is 24.6. The summed E-state index contributed by atoms with van der Waals surface area (Å²) >= 11 is 0. The minimum Gasteiger partial charge on any atom is -0.336 e. The molecule has 0 aliphatic heterocycles. The summed E-state index contributed by atoms with van der Waals surface area (Å²) in [6, 6.07) is 2.18. The van der Waals surface area contributed by atoms with Crippen LogP contribution >= 0.6 is 0 Å². The van der Waals surface area contributed by atoms with E-state index in [-0.39, 0.29) is 24.1 Å². The van der Waals surface area contributed by atoms with Crippen molar-refractivity contribution in [1.29, 1.82) is 5.26 Å². The second-order valence-electron chi connectivity index (χ2n) is 7.14. The van der Waals surface area contributed by atoms with Crippen molar-refractivity contribution < 1.29 is 4.79 Å². The average Bonchev–Trinajstić information content (AvgIpc) is 3.21. The van der Waals surface area contributed by atoms with Crippen LogP contribution in [0.1, 0.15) is 46.4 Å². The molecular weight excluding hydrogens is 282 g/mol. The highest BCUT2D eigenvalue weighted by molar-refractivity contribution is 5.77. The van der Waals surface area contributed by atoms with Crippen molar-refractivity contribution in [3.63, 3.8) is 0 Å². The number of nitrogens with zero attached hydrogens (tertiary/aromatic N) is 4. The van der Waals surface area contributed by atoms with E-state index in [9.17, 15) is 14.9 Å². The van der Waals surface area contributed by atoms with E-state index in [0.29, 0.717) is 5.82 Å². The Morgan fingerprint density at radius 3 is 2.41 bits per heavy atom. The topological polar surface area (TPSA) is 92.7 Å². The Morgan fingerprint density at radius 2 is 2.00 bits per heavy atom. The number of hydrogen-bond acceptors (Lipinski definition) is 4. The molecule has 1 unspecified atom stereocenters. The van der Waals surface area contributed by atoms with Gasteiger partial charge in [0, 0.05) is 0 Å². The zero-order valence-electron chi connectivity index (χ0n) is 13.8. The van der Waals surface area contributed by atoms with E-state index >= 15 is 0 Å². The molecule has 1 atom stereocenters. The number of rotatable bonds is 4. The Kier molecular flexibility index (Phi) is 3.90. The molecule has 1 fully saturated rings. The number of amides is 1. The summed E-state index contributed by atoms with van der Waals surface area (Å²) in [6.45, 7) is 8.95. The van der Waals surface area contributed by atoms with Gasteiger partial charge in [0.1, 0.15) is 17.9 Å². The van der Waals surface area contributed by atoms with Gasteiger partial charge in [0.2, 0.25) is 5.91 Å². The van der Waals surface area contributed by atoms with E-state index in [0.717, 1.165) is 12.8 Å². The molecule has 1 saturated carbocycles. The van der Waals surface area contributed by atoms with E-state index < -0.39 is 11.1 Å². The SMILES string of the molecule is Cc1nn(C(C)(C)C)c(=O)n1CC(=O)NC(C)(C#N)C1CC1. The van der Waals surface area contributed by atoms with Crippen LogP contribution in [0.3, 0.4) is 0 Å². The molecule has 1 aromatic rings. The Hall–Kier alpha value is -2.10. The van der Waals surface area contributed by atoms with Crippen molar-refractivity contribution in [2.75, 3.05) is 0 Å². The molecule has 1 N–H and O–H groups in total. The van der Waals surface area contributed by atoms with Crippen molar-refractivity contribution in [2.45, 2.75) is 65.1 Å². The van der Waals surface area contributed by atoms with Gasteiger partial charge in [0.25, 0.3) is 0 Å². The van der Waals surface area contributed by atoms with Gasteiger partial charge in [-0.2, -0.15) is 10.4 Å². The Bertz CT molecular complexity index is 684. The van der Waals surface area contributed by atoms with Crippen molar-refractivity contribution in [1.82, 2.24) is 19.7 Å². The highest BCUT2D eigenvalue weighted by atomic mass is 16.2. The van der Waals surface area contributed by atoms with E-state index in [1.165, 1.54) is 9.25 Å². The molecule has 1 heterocycles. The lowest BCUT2D eigenvalue weighted by molar-refractivity contribution is -0.123. The largest absolute Gasteiger partial charge is 0.346 e. The molecule has 2 rings (SSSR count). The maximum atomic E-state index is 12.4. The second-order valence-corrected chi connectivity index (χ2v) is 7.14. The van der Waals surface area contributed by atoms with Gasteiger partial charge in [-0.1, -0.05) is 0 Å². The molecule has 1 amide bonds. The van der Waals surface area contributed by atoms with E-state index in [2.05, 4.69) is 16.5 Å². The third-order valence-corrected chi connectivity index (χ3v) is 4.01. The Morgan fingerprint density at radius 1 is 1.41 bits per heavy atom. The van der Waals surface area contributed by atoms with Crippen LogP contribution in [-0.4, -0.2) is 25.8 Å². The number of aromatic nitrogens is 3. The van der Waals surface area contributed by atoms with Crippen LogP contribution in [0.4, 0.5) is 0 Å². The fourth-order valence-electron chi connectivity index (χ4n) is 2.47. The normalized spacial score (nSPS) is 17.6. The molecule has 7 heteroatoms. The standard InChI is InChI=1S/C15H23N5O2/c1-10-18-20(14(2,3)4)13(22)19(10)8-12(21)17-15(5,9-16)11-6-7-11/h11H,6-8H2,1-5H3,(H,17,21). The fraction of sp³-hybridized carbons (Fsp3) is 0.733. The first-order chi connectivity index (χ1) is 10.1. The smallest absolute Gasteiger partial charge is 0.336 e.